The normalized spacial score (nSPS) is 18.5. The SMILES string of the molecule is Cc1cc2c(I)nn(C3CCCCO3)c2cc1NCC(=O)O. The highest BCUT2D eigenvalue weighted by Gasteiger charge is 2.21. The summed E-state index contributed by atoms with van der Waals surface area (Å²) in [5.41, 5.74) is 2.81. The lowest BCUT2D eigenvalue weighted by Crippen LogP contribution is -2.19. The van der Waals surface area contributed by atoms with Gasteiger partial charge in [-0.3, -0.25) is 4.79 Å². The number of fused-ring (bicyclic) bond motifs is 1. The van der Waals surface area contributed by atoms with Crippen molar-refractivity contribution >= 4 is 45.2 Å². The second-order valence-electron chi connectivity index (χ2n) is 5.49. The van der Waals surface area contributed by atoms with Crippen LogP contribution in [-0.4, -0.2) is 34.0 Å². The largest absolute Gasteiger partial charge is 0.480 e. The summed E-state index contributed by atoms with van der Waals surface area (Å²) in [6.45, 7) is 2.63. The first-order chi connectivity index (χ1) is 10.6. The Morgan fingerprint density at radius 2 is 2.36 bits per heavy atom. The second-order valence-corrected chi connectivity index (χ2v) is 6.51. The summed E-state index contributed by atoms with van der Waals surface area (Å²) in [5.74, 6) is -0.877. The number of hydrogen-bond donors (Lipinski definition) is 2. The molecule has 7 heteroatoms. The summed E-state index contributed by atoms with van der Waals surface area (Å²) < 4.78 is 8.71. The van der Waals surface area contributed by atoms with Gasteiger partial charge in [0.2, 0.25) is 0 Å². The molecule has 6 nitrogen and oxygen atoms in total. The summed E-state index contributed by atoms with van der Waals surface area (Å²) in [4.78, 5) is 10.8. The number of aryl methyl sites for hydroxylation is 1. The van der Waals surface area contributed by atoms with Crippen LogP contribution in [0.3, 0.4) is 0 Å². The van der Waals surface area contributed by atoms with Crippen LogP contribution in [0.2, 0.25) is 0 Å². The fraction of sp³-hybridized carbons (Fsp3) is 0.467. The summed E-state index contributed by atoms with van der Waals surface area (Å²) in [7, 11) is 0. The van der Waals surface area contributed by atoms with Gasteiger partial charge in [0.1, 0.15) is 10.2 Å². The van der Waals surface area contributed by atoms with E-state index in [1.807, 2.05) is 23.7 Å². The highest BCUT2D eigenvalue weighted by atomic mass is 127. The molecule has 0 aliphatic carbocycles. The van der Waals surface area contributed by atoms with Crippen molar-refractivity contribution in [2.45, 2.75) is 32.4 Å². The third kappa shape index (κ3) is 3.05. The first-order valence-corrected chi connectivity index (χ1v) is 8.40. The van der Waals surface area contributed by atoms with Crippen molar-refractivity contribution in [3.05, 3.63) is 21.4 Å². The Balaban J connectivity index is 2.01. The number of halogens is 1. The Morgan fingerprint density at radius 3 is 3.05 bits per heavy atom. The number of nitrogens with one attached hydrogen (secondary N) is 1. The third-order valence-electron chi connectivity index (χ3n) is 3.87. The van der Waals surface area contributed by atoms with Crippen molar-refractivity contribution in [1.82, 2.24) is 9.78 Å². The zero-order valence-corrected chi connectivity index (χ0v) is 14.5. The predicted octanol–water partition coefficient (Wildman–Crippen LogP) is 3.14. The Hall–Kier alpha value is -1.35. The van der Waals surface area contributed by atoms with E-state index in [9.17, 15) is 4.79 Å². The van der Waals surface area contributed by atoms with Crippen molar-refractivity contribution < 1.29 is 14.6 Å². The fourth-order valence-corrected chi connectivity index (χ4v) is 3.42. The fourth-order valence-electron chi connectivity index (χ4n) is 2.75. The highest BCUT2D eigenvalue weighted by molar-refractivity contribution is 14.1. The lowest BCUT2D eigenvalue weighted by molar-refractivity contribution is -0.134. The predicted molar refractivity (Wildman–Crippen MR) is 92.2 cm³/mol. The van der Waals surface area contributed by atoms with Gasteiger partial charge in [0.25, 0.3) is 0 Å². The van der Waals surface area contributed by atoms with Crippen LogP contribution in [-0.2, 0) is 9.53 Å². The first kappa shape index (κ1) is 15.5. The number of aliphatic carboxylic acids is 1. The maximum Gasteiger partial charge on any atom is 0.322 e. The molecular weight excluding hydrogens is 397 g/mol. The van der Waals surface area contributed by atoms with Crippen LogP contribution in [0.5, 0.6) is 0 Å². The molecule has 2 heterocycles. The minimum absolute atomic E-state index is 0.0326. The van der Waals surface area contributed by atoms with Gasteiger partial charge in [-0.1, -0.05) is 0 Å². The maximum atomic E-state index is 10.8. The number of hydrogen-bond acceptors (Lipinski definition) is 4. The topological polar surface area (TPSA) is 76.4 Å². The van der Waals surface area contributed by atoms with Crippen molar-refractivity contribution in [3.63, 3.8) is 0 Å². The summed E-state index contributed by atoms with van der Waals surface area (Å²) in [5, 5.41) is 17.5. The molecule has 118 valence electrons. The molecule has 1 unspecified atom stereocenters. The first-order valence-electron chi connectivity index (χ1n) is 7.32. The Bertz CT molecular complexity index is 708. The van der Waals surface area contributed by atoms with E-state index in [2.05, 4.69) is 33.0 Å². The van der Waals surface area contributed by atoms with Gasteiger partial charge >= 0.3 is 5.97 Å². The zero-order valence-electron chi connectivity index (χ0n) is 12.3. The molecule has 1 aliphatic heterocycles. The van der Waals surface area contributed by atoms with Gasteiger partial charge in [-0.25, -0.2) is 4.68 Å². The van der Waals surface area contributed by atoms with E-state index in [0.29, 0.717) is 0 Å². The molecule has 1 atom stereocenters. The quantitative estimate of drug-likeness (QED) is 0.751. The number of carbonyl (C=O) groups is 1. The van der Waals surface area contributed by atoms with Crippen LogP contribution >= 0.6 is 22.6 Å². The summed E-state index contributed by atoms with van der Waals surface area (Å²) in [6.07, 6.45) is 3.16. The van der Waals surface area contributed by atoms with E-state index in [1.165, 1.54) is 0 Å². The van der Waals surface area contributed by atoms with Gasteiger partial charge < -0.3 is 15.2 Å². The Morgan fingerprint density at radius 1 is 1.55 bits per heavy atom. The molecule has 2 aromatic rings. The Kier molecular flexibility index (Phi) is 4.53. The molecule has 0 spiro atoms. The van der Waals surface area contributed by atoms with Gasteiger partial charge in [-0.05, 0) is 66.5 Å². The molecule has 1 fully saturated rings. The van der Waals surface area contributed by atoms with Crippen LogP contribution in [0.1, 0.15) is 31.1 Å². The molecule has 1 aromatic heterocycles. The van der Waals surface area contributed by atoms with Gasteiger partial charge in [0.15, 0.2) is 6.23 Å². The number of carboxylic acid groups (broad SMARTS) is 1. The van der Waals surface area contributed by atoms with Crippen LogP contribution in [0.4, 0.5) is 5.69 Å². The molecular formula is C15H18IN3O3. The molecule has 0 bridgehead atoms. The Labute approximate surface area is 142 Å². The standard InChI is InChI=1S/C15H18IN3O3/c1-9-6-10-12(7-11(9)17-8-14(20)21)19(18-15(10)16)13-4-2-3-5-22-13/h6-7,13,17H,2-5,8H2,1H3,(H,20,21). The van der Waals surface area contributed by atoms with E-state index in [1.54, 1.807) is 0 Å². The summed E-state index contributed by atoms with van der Waals surface area (Å²) in [6, 6.07) is 4.02. The molecule has 1 saturated heterocycles. The number of anilines is 1. The molecule has 0 amide bonds. The molecule has 0 radical (unpaired) electrons. The van der Waals surface area contributed by atoms with Gasteiger partial charge in [-0.2, -0.15) is 5.10 Å². The smallest absolute Gasteiger partial charge is 0.322 e. The molecule has 1 aromatic carbocycles. The van der Waals surface area contributed by atoms with Gasteiger partial charge in [0.05, 0.1) is 5.52 Å². The number of carboxylic acids is 1. The lowest BCUT2D eigenvalue weighted by Gasteiger charge is -2.23. The number of rotatable bonds is 4. The van der Waals surface area contributed by atoms with E-state index < -0.39 is 5.97 Å². The van der Waals surface area contributed by atoms with Gasteiger partial charge in [0, 0.05) is 17.7 Å². The zero-order chi connectivity index (χ0) is 15.7. The number of benzene rings is 1. The van der Waals surface area contributed by atoms with Gasteiger partial charge in [-0.15, -0.1) is 0 Å². The summed E-state index contributed by atoms with van der Waals surface area (Å²) >= 11 is 2.23. The molecule has 0 saturated carbocycles. The lowest BCUT2D eigenvalue weighted by atomic mass is 10.1. The van der Waals surface area contributed by atoms with Crippen LogP contribution in [0.25, 0.3) is 10.9 Å². The number of ether oxygens (including phenoxy) is 1. The highest BCUT2D eigenvalue weighted by Crippen LogP contribution is 2.31. The van der Waals surface area contributed by atoms with Crippen molar-refractivity contribution in [3.8, 4) is 0 Å². The molecule has 1 aliphatic rings. The average Bonchev–Trinajstić information content (AvgIpc) is 2.82. The second kappa shape index (κ2) is 6.41. The van der Waals surface area contributed by atoms with E-state index >= 15 is 0 Å². The minimum Gasteiger partial charge on any atom is -0.480 e. The van der Waals surface area contributed by atoms with E-state index in [0.717, 1.165) is 51.7 Å². The van der Waals surface area contributed by atoms with Crippen LogP contribution in [0, 0.1) is 10.6 Å². The number of aromatic nitrogens is 2. The monoisotopic (exact) mass is 415 g/mol. The maximum absolute atomic E-state index is 10.8. The van der Waals surface area contributed by atoms with Crippen molar-refractivity contribution in [1.29, 1.82) is 0 Å². The number of nitrogens with zero attached hydrogens (tertiary/aromatic N) is 2. The minimum atomic E-state index is -0.877. The van der Waals surface area contributed by atoms with E-state index in [-0.39, 0.29) is 12.8 Å². The third-order valence-corrected chi connectivity index (χ3v) is 4.66. The molecule has 22 heavy (non-hydrogen) atoms. The van der Waals surface area contributed by atoms with Crippen molar-refractivity contribution in [2.75, 3.05) is 18.5 Å². The molecule has 2 N–H and O–H groups in total. The van der Waals surface area contributed by atoms with E-state index in [4.69, 9.17) is 9.84 Å². The average molecular weight is 415 g/mol. The van der Waals surface area contributed by atoms with Crippen molar-refractivity contribution in [2.24, 2.45) is 0 Å². The van der Waals surface area contributed by atoms with Crippen LogP contribution < -0.4 is 5.32 Å². The van der Waals surface area contributed by atoms with Crippen LogP contribution in [0.15, 0.2) is 12.1 Å². The molecule has 3 rings (SSSR count).